The van der Waals surface area contributed by atoms with Gasteiger partial charge in [0.25, 0.3) is 0 Å². The van der Waals surface area contributed by atoms with Crippen molar-refractivity contribution in [2.24, 2.45) is 0 Å². The fraction of sp³-hybridized carbons (Fsp3) is 0.200. The molecule has 8 heteroatoms. The van der Waals surface area contributed by atoms with E-state index in [0.717, 1.165) is 9.50 Å². The predicted octanol–water partition coefficient (Wildman–Crippen LogP) is 1.83. The minimum atomic E-state index is 0.197. The molecule has 94 valence electrons. The van der Waals surface area contributed by atoms with E-state index in [1.807, 2.05) is 26.2 Å². The number of nitrogens with zero attached hydrogens (tertiary/aromatic N) is 5. The molecule has 18 heavy (non-hydrogen) atoms. The minimum absolute atomic E-state index is 0.197. The summed E-state index contributed by atoms with van der Waals surface area (Å²) in [4.78, 5) is 18.4. The average molecular weight is 327 g/mol. The molecule has 0 unspecified atom stereocenters. The van der Waals surface area contributed by atoms with Crippen LogP contribution in [0.1, 0.15) is 0 Å². The first kappa shape index (κ1) is 13.0. The quantitative estimate of drug-likeness (QED) is 0.921. The van der Waals surface area contributed by atoms with E-state index in [9.17, 15) is 0 Å². The molecule has 2 aromatic heterocycles. The van der Waals surface area contributed by atoms with Crippen LogP contribution in [-0.4, -0.2) is 34.0 Å². The molecule has 0 spiro atoms. The van der Waals surface area contributed by atoms with Gasteiger partial charge in [-0.25, -0.2) is 4.98 Å². The first-order valence-corrected chi connectivity index (χ1v) is 6.64. The molecule has 6 nitrogen and oxygen atoms in total. The van der Waals surface area contributed by atoms with Crippen LogP contribution in [0.2, 0.25) is 0 Å². The fourth-order valence-electron chi connectivity index (χ4n) is 1.14. The van der Waals surface area contributed by atoms with Crippen molar-refractivity contribution in [3.05, 3.63) is 22.8 Å². The number of aromatic nitrogens is 4. The van der Waals surface area contributed by atoms with Crippen molar-refractivity contribution in [1.29, 1.82) is 0 Å². The van der Waals surface area contributed by atoms with Gasteiger partial charge in [0.15, 0.2) is 0 Å². The molecule has 0 radical (unpaired) electrons. The summed E-state index contributed by atoms with van der Waals surface area (Å²) in [5, 5.41) is 1.30. The third kappa shape index (κ3) is 3.08. The highest BCUT2D eigenvalue weighted by Crippen LogP contribution is 2.29. The van der Waals surface area contributed by atoms with Crippen LogP contribution in [0.3, 0.4) is 0 Å². The summed E-state index contributed by atoms with van der Waals surface area (Å²) in [5.74, 6) is 0.723. The number of hydrogen-bond acceptors (Lipinski definition) is 7. The second-order valence-corrected chi connectivity index (χ2v) is 5.37. The van der Waals surface area contributed by atoms with E-state index in [1.54, 1.807) is 11.1 Å². The third-order valence-corrected chi connectivity index (χ3v) is 3.72. The van der Waals surface area contributed by atoms with Gasteiger partial charge in [-0.3, -0.25) is 0 Å². The number of halogens is 1. The molecule has 0 aliphatic carbocycles. The molecule has 2 rings (SSSR count). The van der Waals surface area contributed by atoms with Gasteiger partial charge < -0.3 is 10.6 Å². The van der Waals surface area contributed by atoms with E-state index in [-0.39, 0.29) is 5.95 Å². The zero-order chi connectivity index (χ0) is 13.1. The topological polar surface area (TPSA) is 80.8 Å². The highest BCUT2D eigenvalue weighted by Gasteiger charge is 2.10. The van der Waals surface area contributed by atoms with Crippen molar-refractivity contribution < 1.29 is 0 Å². The molecule has 2 N–H and O–H groups in total. The second-order valence-electron chi connectivity index (χ2n) is 3.56. The van der Waals surface area contributed by atoms with Crippen LogP contribution in [0.25, 0.3) is 0 Å². The van der Waals surface area contributed by atoms with Gasteiger partial charge in [0.2, 0.25) is 17.1 Å². The molecule has 0 aliphatic heterocycles. The second kappa shape index (κ2) is 5.49. The van der Waals surface area contributed by atoms with E-state index in [4.69, 9.17) is 5.73 Å². The molecular formula is C10H11BrN6S. The first-order valence-electron chi connectivity index (χ1n) is 5.03. The minimum Gasteiger partial charge on any atom is -0.368 e. The van der Waals surface area contributed by atoms with Gasteiger partial charge in [0.05, 0.1) is 4.47 Å². The zero-order valence-corrected chi connectivity index (χ0v) is 12.2. The van der Waals surface area contributed by atoms with Gasteiger partial charge in [-0.1, -0.05) is 0 Å². The lowest BCUT2D eigenvalue weighted by Crippen LogP contribution is -2.15. The average Bonchev–Trinajstić information content (AvgIpc) is 2.31. The normalized spacial score (nSPS) is 10.4. The van der Waals surface area contributed by atoms with Crippen LogP contribution in [0.5, 0.6) is 0 Å². The smallest absolute Gasteiger partial charge is 0.230 e. The number of hydrogen-bond donors (Lipinski definition) is 1. The summed E-state index contributed by atoms with van der Waals surface area (Å²) in [6.07, 6.45) is 1.71. The lowest BCUT2D eigenvalue weighted by molar-refractivity contribution is 0.873. The Kier molecular flexibility index (Phi) is 3.97. The van der Waals surface area contributed by atoms with Crippen molar-refractivity contribution in [2.75, 3.05) is 24.7 Å². The molecule has 0 aliphatic rings. The Hall–Kier alpha value is -1.41. The van der Waals surface area contributed by atoms with Gasteiger partial charge in [-0.05, 0) is 39.8 Å². The Bertz CT molecular complexity index is 562. The van der Waals surface area contributed by atoms with E-state index in [2.05, 4.69) is 35.9 Å². The van der Waals surface area contributed by atoms with Gasteiger partial charge in [0, 0.05) is 20.3 Å². The Morgan fingerprint density at radius 1 is 1.28 bits per heavy atom. The van der Waals surface area contributed by atoms with E-state index >= 15 is 0 Å². The number of nitrogen functional groups attached to an aromatic ring is 1. The first-order chi connectivity index (χ1) is 8.56. The fourth-order valence-corrected chi connectivity index (χ4v) is 2.36. The number of rotatable bonds is 3. The van der Waals surface area contributed by atoms with Crippen molar-refractivity contribution >= 4 is 39.6 Å². The molecule has 0 amide bonds. The van der Waals surface area contributed by atoms with Crippen LogP contribution < -0.4 is 10.6 Å². The van der Waals surface area contributed by atoms with Gasteiger partial charge in [-0.15, -0.1) is 0 Å². The highest BCUT2D eigenvalue weighted by atomic mass is 79.9. The Morgan fingerprint density at radius 2 is 2.06 bits per heavy atom. The number of nitrogens with two attached hydrogens (primary N) is 1. The molecule has 2 heterocycles. The maximum Gasteiger partial charge on any atom is 0.230 e. The molecule has 0 fully saturated rings. The highest BCUT2D eigenvalue weighted by molar-refractivity contribution is 9.10. The summed E-state index contributed by atoms with van der Waals surface area (Å²) in [7, 11) is 3.69. The van der Waals surface area contributed by atoms with E-state index < -0.39 is 0 Å². The van der Waals surface area contributed by atoms with Crippen molar-refractivity contribution in [3.8, 4) is 0 Å². The third-order valence-electron chi connectivity index (χ3n) is 1.93. The van der Waals surface area contributed by atoms with Crippen LogP contribution in [0, 0.1) is 0 Å². The number of pyridine rings is 1. The van der Waals surface area contributed by atoms with Crippen LogP contribution >= 0.6 is 27.7 Å². The molecule has 0 saturated heterocycles. The SMILES string of the molecule is CN(C)c1nc(N)nc(Sc2ncccc2Br)n1. The van der Waals surface area contributed by atoms with Crippen molar-refractivity contribution in [3.63, 3.8) is 0 Å². The molecule has 0 aromatic carbocycles. The maximum absolute atomic E-state index is 5.65. The monoisotopic (exact) mass is 326 g/mol. The van der Waals surface area contributed by atoms with Crippen LogP contribution in [0.4, 0.5) is 11.9 Å². The van der Waals surface area contributed by atoms with Gasteiger partial charge in [0.1, 0.15) is 5.03 Å². The van der Waals surface area contributed by atoms with E-state index in [0.29, 0.717) is 11.1 Å². The summed E-state index contributed by atoms with van der Waals surface area (Å²) in [6, 6.07) is 3.76. The van der Waals surface area contributed by atoms with Crippen molar-refractivity contribution in [2.45, 2.75) is 10.2 Å². The van der Waals surface area contributed by atoms with Gasteiger partial charge in [-0.2, -0.15) is 15.0 Å². The predicted molar refractivity (Wildman–Crippen MR) is 74.6 cm³/mol. The zero-order valence-electron chi connectivity index (χ0n) is 9.83. The Morgan fingerprint density at radius 3 is 2.72 bits per heavy atom. The molecule has 0 saturated carbocycles. The van der Waals surface area contributed by atoms with Crippen molar-refractivity contribution in [1.82, 2.24) is 19.9 Å². The standard InChI is InChI=1S/C10H11BrN6S/c1-17(2)9-14-8(12)15-10(16-9)18-7-6(11)4-3-5-13-7/h3-5H,1-2H3,(H2,12,14,15,16). The molecule has 2 aromatic rings. The lowest BCUT2D eigenvalue weighted by Gasteiger charge is -2.11. The Balaban J connectivity index is 2.32. The molecule has 0 atom stereocenters. The van der Waals surface area contributed by atoms with Crippen LogP contribution in [0.15, 0.2) is 33.0 Å². The van der Waals surface area contributed by atoms with Gasteiger partial charge >= 0.3 is 0 Å². The maximum atomic E-state index is 5.65. The number of anilines is 2. The summed E-state index contributed by atoms with van der Waals surface area (Å²) >= 11 is 4.76. The van der Waals surface area contributed by atoms with E-state index in [1.165, 1.54) is 11.8 Å². The lowest BCUT2D eigenvalue weighted by atomic mass is 10.5. The molecule has 0 bridgehead atoms. The summed E-state index contributed by atoms with van der Waals surface area (Å²) in [5.41, 5.74) is 5.65. The Labute approximate surface area is 117 Å². The summed E-state index contributed by atoms with van der Waals surface area (Å²) < 4.78 is 0.889. The summed E-state index contributed by atoms with van der Waals surface area (Å²) in [6.45, 7) is 0. The largest absolute Gasteiger partial charge is 0.368 e. The molecular weight excluding hydrogens is 316 g/mol. The van der Waals surface area contributed by atoms with Crippen LogP contribution in [-0.2, 0) is 0 Å².